The van der Waals surface area contributed by atoms with Crippen LogP contribution in [0.1, 0.15) is 32.2 Å². The Labute approximate surface area is 89.3 Å². The molecule has 0 bridgehead atoms. The second-order valence-electron chi connectivity index (χ2n) is 4.41. The second-order valence-corrected chi connectivity index (χ2v) is 4.41. The highest BCUT2D eigenvalue weighted by Gasteiger charge is 2.20. The molecule has 0 aliphatic heterocycles. The van der Waals surface area contributed by atoms with Crippen molar-refractivity contribution in [2.24, 2.45) is 0 Å². The van der Waals surface area contributed by atoms with Gasteiger partial charge in [-0.05, 0) is 17.6 Å². The highest BCUT2D eigenvalue weighted by Crippen LogP contribution is 2.19. The maximum Gasteiger partial charge on any atom is 0.488 e. The van der Waals surface area contributed by atoms with Crippen molar-refractivity contribution in [1.82, 2.24) is 4.98 Å². The molecule has 0 amide bonds. The molecule has 5 heteroatoms. The largest absolute Gasteiger partial charge is 0.488 e. The fraction of sp³-hybridized carbons (Fsp3) is 0.400. The van der Waals surface area contributed by atoms with Crippen molar-refractivity contribution in [1.29, 1.82) is 5.26 Å². The molecule has 1 aromatic heterocycles. The first kappa shape index (κ1) is 11.7. The second kappa shape index (κ2) is 4.01. The van der Waals surface area contributed by atoms with Gasteiger partial charge in [0.1, 0.15) is 11.8 Å². The maximum atomic E-state index is 9.05. The van der Waals surface area contributed by atoms with Crippen molar-refractivity contribution in [3.8, 4) is 6.07 Å². The first-order chi connectivity index (χ1) is 6.84. The van der Waals surface area contributed by atoms with E-state index in [0.717, 1.165) is 0 Å². The van der Waals surface area contributed by atoms with Crippen LogP contribution in [0, 0.1) is 11.3 Å². The molecule has 2 N–H and O–H groups in total. The summed E-state index contributed by atoms with van der Waals surface area (Å²) in [5.74, 6) is 0. The summed E-state index contributed by atoms with van der Waals surface area (Å²) in [5.41, 5.74) is 0.943. The van der Waals surface area contributed by atoms with Gasteiger partial charge in [-0.25, -0.2) is 4.98 Å². The van der Waals surface area contributed by atoms with Gasteiger partial charge in [-0.1, -0.05) is 20.8 Å². The molecule has 0 saturated heterocycles. The minimum Gasteiger partial charge on any atom is -0.423 e. The Kier molecular flexibility index (Phi) is 3.13. The molecular formula is C10H13BN2O2. The van der Waals surface area contributed by atoms with E-state index in [2.05, 4.69) is 4.98 Å². The molecule has 1 aromatic rings. The average Bonchev–Trinajstić information content (AvgIpc) is 2.15. The molecule has 4 nitrogen and oxygen atoms in total. The number of rotatable bonds is 1. The predicted octanol–water partition coefficient (Wildman–Crippen LogP) is -0.0694. The van der Waals surface area contributed by atoms with Crippen LogP contribution in [0.4, 0.5) is 0 Å². The molecule has 0 aliphatic carbocycles. The van der Waals surface area contributed by atoms with Crippen molar-refractivity contribution >= 4 is 12.6 Å². The molecule has 0 aromatic carbocycles. The number of hydrogen-bond acceptors (Lipinski definition) is 4. The third-order valence-electron chi connectivity index (χ3n) is 2.03. The van der Waals surface area contributed by atoms with E-state index in [1.54, 1.807) is 6.07 Å². The third kappa shape index (κ3) is 2.78. The lowest BCUT2D eigenvalue weighted by Gasteiger charge is -2.18. The first-order valence-corrected chi connectivity index (χ1v) is 4.63. The zero-order chi connectivity index (χ0) is 11.6. The van der Waals surface area contributed by atoms with Crippen LogP contribution in [0.5, 0.6) is 0 Å². The molecule has 0 saturated carbocycles. The van der Waals surface area contributed by atoms with E-state index in [-0.39, 0.29) is 11.1 Å². The van der Waals surface area contributed by atoms with Gasteiger partial charge >= 0.3 is 7.12 Å². The Morgan fingerprint density at radius 1 is 1.33 bits per heavy atom. The smallest absolute Gasteiger partial charge is 0.423 e. The SMILES string of the molecule is CC(C)(C)c1cc(B(O)O)cc(C#N)n1. The minimum absolute atomic E-state index is 0.200. The summed E-state index contributed by atoms with van der Waals surface area (Å²) >= 11 is 0. The first-order valence-electron chi connectivity index (χ1n) is 4.63. The number of nitriles is 1. The van der Waals surface area contributed by atoms with E-state index in [1.165, 1.54) is 6.07 Å². The van der Waals surface area contributed by atoms with Crippen LogP contribution in [0.2, 0.25) is 0 Å². The highest BCUT2D eigenvalue weighted by atomic mass is 16.4. The van der Waals surface area contributed by atoms with Gasteiger partial charge in [0.25, 0.3) is 0 Å². The van der Waals surface area contributed by atoms with Gasteiger partial charge in [0.2, 0.25) is 0 Å². The highest BCUT2D eigenvalue weighted by molar-refractivity contribution is 6.58. The lowest BCUT2D eigenvalue weighted by atomic mass is 9.78. The number of hydrogen-bond donors (Lipinski definition) is 2. The van der Waals surface area contributed by atoms with Gasteiger partial charge in [0.15, 0.2) is 0 Å². The van der Waals surface area contributed by atoms with E-state index in [0.29, 0.717) is 11.2 Å². The Morgan fingerprint density at radius 2 is 1.93 bits per heavy atom. The molecule has 0 unspecified atom stereocenters. The molecule has 1 heterocycles. The fourth-order valence-corrected chi connectivity index (χ4v) is 1.14. The van der Waals surface area contributed by atoms with Crippen LogP contribution < -0.4 is 5.46 Å². The maximum absolute atomic E-state index is 9.05. The van der Waals surface area contributed by atoms with Crippen LogP contribution in [0.15, 0.2) is 12.1 Å². The summed E-state index contributed by atoms with van der Waals surface area (Å²) in [6.45, 7) is 5.85. The summed E-state index contributed by atoms with van der Waals surface area (Å²) < 4.78 is 0. The predicted molar refractivity (Wildman–Crippen MR) is 57.5 cm³/mol. The van der Waals surface area contributed by atoms with E-state index >= 15 is 0 Å². The van der Waals surface area contributed by atoms with E-state index in [4.69, 9.17) is 15.3 Å². The topological polar surface area (TPSA) is 77.1 Å². The number of pyridine rings is 1. The summed E-state index contributed by atoms with van der Waals surface area (Å²) in [5, 5.41) is 26.9. The van der Waals surface area contributed by atoms with Crippen LogP contribution in [-0.4, -0.2) is 22.2 Å². The minimum atomic E-state index is -1.57. The van der Waals surface area contributed by atoms with Gasteiger partial charge in [-0.3, -0.25) is 0 Å². The Bertz CT molecular complexity index is 405. The normalized spacial score (nSPS) is 10.9. The third-order valence-corrected chi connectivity index (χ3v) is 2.03. The Hall–Kier alpha value is -1.38. The average molecular weight is 204 g/mol. The van der Waals surface area contributed by atoms with Crippen molar-refractivity contribution in [2.45, 2.75) is 26.2 Å². The standard InChI is InChI=1S/C10H13BN2O2/c1-10(2,3)9-5-7(11(14)15)4-8(6-12)13-9/h4-5,14-15H,1-3H3. The number of aromatic nitrogens is 1. The molecule has 0 fully saturated rings. The summed E-state index contributed by atoms with van der Waals surface area (Å²) in [6, 6.07) is 4.88. The van der Waals surface area contributed by atoms with Gasteiger partial charge in [0, 0.05) is 11.1 Å². The molecular weight excluding hydrogens is 191 g/mol. The Morgan fingerprint density at radius 3 is 2.33 bits per heavy atom. The molecule has 78 valence electrons. The van der Waals surface area contributed by atoms with Crippen LogP contribution >= 0.6 is 0 Å². The molecule has 0 atom stereocenters. The van der Waals surface area contributed by atoms with Crippen molar-refractivity contribution in [3.63, 3.8) is 0 Å². The molecule has 0 aliphatic rings. The van der Waals surface area contributed by atoms with Crippen molar-refractivity contribution in [3.05, 3.63) is 23.5 Å². The van der Waals surface area contributed by atoms with Crippen molar-refractivity contribution in [2.75, 3.05) is 0 Å². The quantitative estimate of drug-likeness (QED) is 0.627. The molecule has 1 rings (SSSR count). The molecule has 0 spiro atoms. The lowest BCUT2D eigenvalue weighted by molar-refractivity contribution is 0.425. The zero-order valence-corrected chi connectivity index (χ0v) is 9.02. The van der Waals surface area contributed by atoms with Gasteiger partial charge in [0.05, 0.1) is 0 Å². The van der Waals surface area contributed by atoms with Gasteiger partial charge in [-0.2, -0.15) is 5.26 Å². The number of nitrogens with zero attached hydrogens (tertiary/aromatic N) is 2. The van der Waals surface area contributed by atoms with Crippen LogP contribution in [-0.2, 0) is 5.41 Å². The van der Waals surface area contributed by atoms with Crippen molar-refractivity contribution < 1.29 is 10.0 Å². The monoisotopic (exact) mass is 204 g/mol. The lowest BCUT2D eigenvalue weighted by Crippen LogP contribution is -2.32. The Balaban J connectivity index is 3.32. The molecule has 0 radical (unpaired) electrons. The summed E-state index contributed by atoms with van der Waals surface area (Å²) in [7, 11) is -1.57. The van der Waals surface area contributed by atoms with Gasteiger partial charge < -0.3 is 10.0 Å². The van der Waals surface area contributed by atoms with E-state index < -0.39 is 7.12 Å². The van der Waals surface area contributed by atoms with Crippen LogP contribution in [0.3, 0.4) is 0 Å². The van der Waals surface area contributed by atoms with Crippen LogP contribution in [0.25, 0.3) is 0 Å². The van der Waals surface area contributed by atoms with Gasteiger partial charge in [-0.15, -0.1) is 0 Å². The summed E-state index contributed by atoms with van der Waals surface area (Å²) in [6.07, 6.45) is 0. The summed E-state index contributed by atoms with van der Waals surface area (Å²) in [4.78, 5) is 4.12. The fourth-order valence-electron chi connectivity index (χ4n) is 1.14. The zero-order valence-electron chi connectivity index (χ0n) is 9.02. The van der Waals surface area contributed by atoms with E-state index in [1.807, 2.05) is 26.8 Å². The van der Waals surface area contributed by atoms with E-state index in [9.17, 15) is 0 Å². The molecule has 15 heavy (non-hydrogen) atoms.